The van der Waals surface area contributed by atoms with Gasteiger partial charge in [0.25, 0.3) is 5.56 Å². The van der Waals surface area contributed by atoms with E-state index in [1.165, 1.54) is 4.90 Å². The molecule has 0 bridgehead atoms. The number of methoxy groups -OCH3 is 1. The van der Waals surface area contributed by atoms with Gasteiger partial charge in [-0.3, -0.25) is 9.36 Å². The van der Waals surface area contributed by atoms with E-state index in [0.717, 1.165) is 30.9 Å². The van der Waals surface area contributed by atoms with E-state index in [-0.39, 0.29) is 11.6 Å². The first-order valence-corrected chi connectivity index (χ1v) is 8.69. The van der Waals surface area contributed by atoms with Gasteiger partial charge in [0, 0.05) is 13.5 Å². The second kappa shape index (κ2) is 8.92. The maximum Gasteiger partial charge on any atom is 0.261 e. The minimum absolute atomic E-state index is 0.0257. The van der Waals surface area contributed by atoms with Crippen LogP contribution in [0.3, 0.4) is 0 Å². The van der Waals surface area contributed by atoms with Crippen LogP contribution < -0.4 is 15.8 Å². The van der Waals surface area contributed by atoms with Crippen LogP contribution in [-0.2, 0) is 11.3 Å². The van der Waals surface area contributed by atoms with Gasteiger partial charge in [0.1, 0.15) is 19.1 Å². The van der Waals surface area contributed by atoms with Gasteiger partial charge in [-0.05, 0) is 12.1 Å². The molecule has 2 aromatic rings. The highest BCUT2D eigenvalue weighted by molar-refractivity contribution is 5.77. The molecule has 6 heteroatoms. The first kappa shape index (κ1) is 18.6. The molecule has 0 amide bonds. The van der Waals surface area contributed by atoms with E-state index in [4.69, 9.17) is 9.72 Å². The quantitative estimate of drug-likeness (QED) is 0.631. The molecule has 6 nitrogen and oxygen atoms in total. The number of para-hydroxylation sites is 1. The Balaban J connectivity index is 2.42. The lowest BCUT2D eigenvalue weighted by Crippen LogP contribution is -3.09. The van der Waals surface area contributed by atoms with Crippen molar-refractivity contribution in [2.24, 2.45) is 0 Å². The molecule has 1 aromatic carbocycles. The Morgan fingerprint density at radius 1 is 1.33 bits per heavy atom. The maximum atomic E-state index is 12.9. The third-order valence-corrected chi connectivity index (χ3v) is 4.28. The van der Waals surface area contributed by atoms with E-state index in [1.807, 2.05) is 24.3 Å². The van der Waals surface area contributed by atoms with Crippen molar-refractivity contribution in [3.8, 4) is 0 Å². The minimum atomic E-state index is 0.0257. The maximum absolute atomic E-state index is 12.9. The van der Waals surface area contributed by atoms with Gasteiger partial charge in [0.15, 0.2) is 5.82 Å². The fourth-order valence-corrected chi connectivity index (χ4v) is 2.89. The van der Waals surface area contributed by atoms with Crippen molar-refractivity contribution in [1.29, 1.82) is 0 Å². The second-order valence-corrected chi connectivity index (χ2v) is 6.43. The van der Waals surface area contributed by atoms with E-state index in [1.54, 1.807) is 11.7 Å². The standard InChI is InChI=1S/C18H28N4O2/c1-5-15(19-10-11-21(2)3)17-20-16-9-7-6-8-14(16)18(23)22(17)12-13-24-4/h6-9,15,19H,5,10-13H2,1-4H3/p+2/t15-/m0/s1. The number of benzene rings is 1. The number of hydrogen-bond acceptors (Lipinski definition) is 3. The molecular weight excluding hydrogens is 304 g/mol. The molecule has 0 aliphatic heterocycles. The van der Waals surface area contributed by atoms with Gasteiger partial charge in [-0.15, -0.1) is 0 Å². The normalized spacial score (nSPS) is 12.9. The van der Waals surface area contributed by atoms with Crippen LogP contribution in [0.2, 0.25) is 0 Å². The summed E-state index contributed by atoms with van der Waals surface area (Å²) in [7, 11) is 5.96. The van der Waals surface area contributed by atoms with Gasteiger partial charge >= 0.3 is 0 Å². The number of likely N-dealkylation sites (N-methyl/N-ethyl adjacent to an activating group) is 1. The molecule has 1 heterocycles. The lowest BCUT2D eigenvalue weighted by Gasteiger charge is -2.19. The number of ether oxygens (including phenoxy) is 1. The summed E-state index contributed by atoms with van der Waals surface area (Å²) in [4.78, 5) is 19.2. The highest BCUT2D eigenvalue weighted by atomic mass is 16.5. The summed E-state index contributed by atoms with van der Waals surface area (Å²) in [5.41, 5.74) is 0.800. The van der Waals surface area contributed by atoms with Crippen molar-refractivity contribution in [1.82, 2.24) is 9.55 Å². The molecule has 2 rings (SSSR count). The van der Waals surface area contributed by atoms with E-state index in [9.17, 15) is 4.79 Å². The van der Waals surface area contributed by atoms with Crippen LogP contribution in [0.1, 0.15) is 25.2 Å². The monoisotopic (exact) mass is 334 g/mol. The molecule has 0 unspecified atom stereocenters. The van der Waals surface area contributed by atoms with Gasteiger partial charge in [0.2, 0.25) is 0 Å². The number of rotatable bonds is 9. The third-order valence-electron chi connectivity index (χ3n) is 4.28. The molecule has 0 radical (unpaired) electrons. The van der Waals surface area contributed by atoms with Gasteiger partial charge in [-0.25, -0.2) is 4.98 Å². The second-order valence-electron chi connectivity index (χ2n) is 6.43. The lowest BCUT2D eigenvalue weighted by atomic mass is 10.1. The average molecular weight is 334 g/mol. The third kappa shape index (κ3) is 4.41. The van der Waals surface area contributed by atoms with Gasteiger partial charge in [-0.2, -0.15) is 0 Å². The fraction of sp³-hybridized carbons (Fsp3) is 0.556. The number of nitrogens with one attached hydrogen (secondary N) is 1. The summed E-state index contributed by atoms with van der Waals surface area (Å²) in [5.74, 6) is 0.854. The van der Waals surface area contributed by atoms with Crippen molar-refractivity contribution < 1.29 is 15.0 Å². The summed E-state index contributed by atoms with van der Waals surface area (Å²) < 4.78 is 6.98. The van der Waals surface area contributed by atoms with Gasteiger partial charge in [0.05, 0.1) is 38.1 Å². The van der Waals surface area contributed by atoms with Crippen LogP contribution in [0.4, 0.5) is 0 Å². The van der Waals surface area contributed by atoms with Crippen LogP contribution in [0.5, 0.6) is 0 Å². The zero-order valence-corrected chi connectivity index (χ0v) is 15.2. The number of hydrogen-bond donors (Lipinski definition) is 2. The van der Waals surface area contributed by atoms with Crippen LogP contribution >= 0.6 is 0 Å². The van der Waals surface area contributed by atoms with Gasteiger partial charge < -0.3 is 15.0 Å². The number of nitrogens with zero attached hydrogens (tertiary/aromatic N) is 2. The first-order valence-electron chi connectivity index (χ1n) is 8.69. The summed E-state index contributed by atoms with van der Waals surface area (Å²) in [5, 5.41) is 2.97. The predicted octanol–water partition coefficient (Wildman–Crippen LogP) is -0.798. The van der Waals surface area contributed by atoms with Crippen LogP contribution in [0.25, 0.3) is 10.9 Å². The molecular formula is C18H30N4O2+2. The molecule has 132 valence electrons. The van der Waals surface area contributed by atoms with Crippen molar-refractivity contribution >= 4 is 10.9 Å². The molecule has 1 atom stereocenters. The summed E-state index contributed by atoms with van der Waals surface area (Å²) >= 11 is 0. The molecule has 0 fully saturated rings. The van der Waals surface area contributed by atoms with Crippen LogP contribution in [-0.4, -0.2) is 50.5 Å². The first-order chi connectivity index (χ1) is 11.6. The van der Waals surface area contributed by atoms with Crippen LogP contribution in [0.15, 0.2) is 29.1 Å². The molecule has 1 aromatic heterocycles. The minimum Gasteiger partial charge on any atom is -0.383 e. The molecule has 0 spiro atoms. The number of quaternary nitrogens is 2. The number of nitrogens with two attached hydrogens (primary N) is 1. The molecule has 0 saturated carbocycles. The predicted molar refractivity (Wildman–Crippen MR) is 95.4 cm³/mol. The SMILES string of the molecule is CC[C@H]([NH2+]CC[NH+](C)C)c1nc2ccccc2c(=O)n1CCOC. The average Bonchev–Trinajstić information content (AvgIpc) is 2.58. The number of fused-ring (bicyclic) bond motifs is 1. The Labute approximate surface area is 143 Å². The van der Waals surface area contributed by atoms with E-state index in [0.29, 0.717) is 18.5 Å². The smallest absolute Gasteiger partial charge is 0.261 e. The highest BCUT2D eigenvalue weighted by Crippen LogP contribution is 2.13. The Hall–Kier alpha value is -1.76. The van der Waals surface area contributed by atoms with E-state index in [2.05, 4.69) is 26.3 Å². The zero-order chi connectivity index (χ0) is 17.5. The molecule has 0 aliphatic carbocycles. The fourth-order valence-electron chi connectivity index (χ4n) is 2.89. The summed E-state index contributed by atoms with van der Waals surface area (Å²) in [6.45, 7) is 5.27. The summed E-state index contributed by atoms with van der Waals surface area (Å²) in [6, 6.07) is 7.75. The van der Waals surface area contributed by atoms with Crippen molar-refractivity contribution in [2.75, 3.05) is 40.9 Å². The molecule has 0 saturated heterocycles. The van der Waals surface area contributed by atoms with E-state index >= 15 is 0 Å². The summed E-state index contributed by atoms with van der Waals surface area (Å²) in [6.07, 6.45) is 0.931. The van der Waals surface area contributed by atoms with E-state index < -0.39 is 0 Å². The van der Waals surface area contributed by atoms with Gasteiger partial charge in [-0.1, -0.05) is 19.1 Å². The largest absolute Gasteiger partial charge is 0.383 e. The lowest BCUT2D eigenvalue weighted by molar-refractivity contribution is -0.877. The Morgan fingerprint density at radius 2 is 2.08 bits per heavy atom. The Kier molecular flexibility index (Phi) is 6.90. The van der Waals surface area contributed by atoms with Crippen molar-refractivity contribution in [3.05, 3.63) is 40.4 Å². The molecule has 3 N–H and O–H groups in total. The topological polar surface area (TPSA) is 65.2 Å². The highest BCUT2D eigenvalue weighted by Gasteiger charge is 2.21. The van der Waals surface area contributed by atoms with Crippen molar-refractivity contribution in [2.45, 2.75) is 25.9 Å². The Morgan fingerprint density at radius 3 is 2.75 bits per heavy atom. The Bertz CT molecular complexity index is 712. The molecule has 24 heavy (non-hydrogen) atoms. The molecule has 0 aliphatic rings. The van der Waals surface area contributed by atoms with Crippen LogP contribution in [0, 0.1) is 0 Å². The number of aromatic nitrogens is 2. The zero-order valence-electron chi connectivity index (χ0n) is 15.2. The van der Waals surface area contributed by atoms with Crippen molar-refractivity contribution in [3.63, 3.8) is 0 Å².